The number of nitro benzene ring substituents is 1. The first kappa shape index (κ1) is 25.2. The standard InChI is InChI=1S/C28H32N4O5/c29-23-3-1-2-22(16-23)28-36-26(17-27(37-28)21-6-4-20(19-33)5-7-21)18-30-12-14-31(15-13-30)24-8-10-25(11-9-24)32(34)35/h1-11,16,26-28,33H,12-15,17-19,29H2. The Labute approximate surface area is 216 Å². The molecule has 0 bridgehead atoms. The summed E-state index contributed by atoms with van der Waals surface area (Å²) in [6.45, 7) is 4.21. The van der Waals surface area contributed by atoms with E-state index in [0.29, 0.717) is 5.69 Å². The molecule has 2 heterocycles. The number of nitrogen functional groups attached to an aromatic ring is 1. The number of anilines is 2. The lowest BCUT2D eigenvalue weighted by molar-refractivity contribution is -0.384. The molecule has 194 valence electrons. The number of piperazine rings is 1. The van der Waals surface area contributed by atoms with Crippen molar-refractivity contribution >= 4 is 17.1 Å². The van der Waals surface area contributed by atoms with Gasteiger partial charge < -0.3 is 25.2 Å². The van der Waals surface area contributed by atoms with Crippen molar-refractivity contribution in [2.75, 3.05) is 43.4 Å². The van der Waals surface area contributed by atoms with Crippen molar-refractivity contribution in [1.29, 1.82) is 0 Å². The molecule has 0 amide bonds. The van der Waals surface area contributed by atoms with Gasteiger partial charge in [0.25, 0.3) is 5.69 Å². The fourth-order valence-electron chi connectivity index (χ4n) is 5.00. The highest BCUT2D eigenvalue weighted by molar-refractivity contribution is 5.51. The fourth-order valence-corrected chi connectivity index (χ4v) is 5.00. The Hall–Kier alpha value is -3.50. The maximum Gasteiger partial charge on any atom is 0.269 e. The molecule has 2 fully saturated rings. The maximum absolute atomic E-state index is 10.9. The molecule has 5 rings (SSSR count). The predicted octanol–water partition coefficient (Wildman–Crippen LogP) is 4.04. The zero-order valence-electron chi connectivity index (χ0n) is 20.6. The van der Waals surface area contributed by atoms with Crippen LogP contribution in [0.3, 0.4) is 0 Å². The number of hydrogen-bond acceptors (Lipinski definition) is 8. The van der Waals surface area contributed by atoms with E-state index in [1.807, 2.05) is 60.7 Å². The van der Waals surface area contributed by atoms with Crippen molar-refractivity contribution in [3.05, 3.63) is 99.6 Å². The minimum absolute atomic E-state index is 0.00923. The molecule has 0 spiro atoms. The third kappa shape index (κ3) is 6.08. The van der Waals surface area contributed by atoms with Crippen LogP contribution in [0.15, 0.2) is 72.8 Å². The summed E-state index contributed by atoms with van der Waals surface area (Å²) in [7, 11) is 0. The topological polar surface area (TPSA) is 114 Å². The summed E-state index contributed by atoms with van der Waals surface area (Å²) in [6.07, 6.45) is 0.0268. The highest BCUT2D eigenvalue weighted by Gasteiger charge is 2.34. The lowest BCUT2D eigenvalue weighted by Gasteiger charge is -2.41. The highest BCUT2D eigenvalue weighted by Crippen LogP contribution is 2.38. The lowest BCUT2D eigenvalue weighted by Crippen LogP contribution is -2.49. The molecular formula is C28H32N4O5. The quantitative estimate of drug-likeness (QED) is 0.282. The van der Waals surface area contributed by atoms with Crippen LogP contribution in [0.5, 0.6) is 0 Å². The molecule has 3 unspecified atom stereocenters. The molecule has 0 radical (unpaired) electrons. The number of hydrogen-bond donors (Lipinski definition) is 2. The van der Waals surface area contributed by atoms with Gasteiger partial charge in [-0.05, 0) is 35.4 Å². The average Bonchev–Trinajstić information content (AvgIpc) is 2.93. The van der Waals surface area contributed by atoms with Gasteiger partial charge in [-0.1, -0.05) is 36.4 Å². The highest BCUT2D eigenvalue weighted by atomic mass is 16.7. The molecular weight excluding hydrogens is 472 g/mol. The van der Waals surface area contributed by atoms with Gasteiger partial charge in [0.15, 0.2) is 6.29 Å². The van der Waals surface area contributed by atoms with E-state index in [-0.39, 0.29) is 29.4 Å². The number of aliphatic hydroxyl groups excluding tert-OH is 1. The fraction of sp³-hybridized carbons (Fsp3) is 0.357. The lowest BCUT2D eigenvalue weighted by atomic mass is 9.99. The van der Waals surface area contributed by atoms with Crippen LogP contribution in [0.2, 0.25) is 0 Å². The summed E-state index contributed by atoms with van der Waals surface area (Å²) >= 11 is 0. The zero-order valence-corrected chi connectivity index (χ0v) is 20.6. The van der Waals surface area contributed by atoms with E-state index in [1.165, 1.54) is 0 Å². The van der Waals surface area contributed by atoms with Crippen molar-refractivity contribution < 1.29 is 19.5 Å². The van der Waals surface area contributed by atoms with Gasteiger partial charge in [0.2, 0.25) is 0 Å². The SMILES string of the molecule is Nc1cccc(C2OC(CN3CCN(c4ccc([N+](=O)[O-])cc4)CC3)CC(c3ccc(CO)cc3)O2)c1. The number of non-ortho nitro benzene ring substituents is 1. The molecule has 0 aliphatic carbocycles. The van der Waals surface area contributed by atoms with E-state index in [4.69, 9.17) is 15.2 Å². The number of nitrogens with zero attached hydrogens (tertiary/aromatic N) is 3. The van der Waals surface area contributed by atoms with E-state index in [2.05, 4.69) is 9.80 Å². The molecule has 3 aromatic rings. The Morgan fingerprint density at radius 1 is 0.946 bits per heavy atom. The first-order valence-corrected chi connectivity index (χ1v) is 12.6. The summed E-state index contributed by atoms with van der Waals surface area (Å²) in [4.78, 5) is 15.2. The number of ether oxygens (including phenoxy) is 2. The number of benzene rings is 3. The van der Waals surface area contributed by atoms with Crippen LogP contribution < -0.4 is 10.6 Å². The van der Waals surface area contributed by atoms with Crippen molar-refractivity contribution in [3.63, 3.8) is 0 Å². The largest absolute Gasteiger partial charge is 0.399 e. The molecule has 0 saturated carbocycles. The maximum atomic E-state index is 10.9. The first-order valence-electron chi connectivity index (χ1n) is 12.6. The molecule has 37 heavy (non-hydrogen) atoms. The Kier molecular flexibility index (Phi) is 7.66. The van der Waals surface area contributed by atoms with Crippen molar-refractivity contribution in [3.8, 4) is 0 Å². The molecule has 9 heteroatoms. The molecule has 3 N–H and O–H groups in total. The van der Waals surface area contributed by atoms with Crippen molar-refractivity contribution in [1.82, 2.24) is 4.90 Å². The number of nitro groups is 1. The van der Waals surface area contributed by atoms with Gasteiger partial charge in [-0.25, -0.2) is 0 Å². The minimum atomic E-state index is -0.522. The molecule has 3 aromatic carbocycles. The molecule has 9 nitrogen and oxygen atoms in total. The summed E-state index contributed by atoms with van der Waals surface area (Å²) < 4.78 is 12.8. The van der Waals surface area contributed by atoms with E-state index in [9.17, 15) is 15.2 Å². The van der Waals surface area contributed by atoms with Crippen LogP contribution >= 0.6 is 0 Å². The summed E-state index contributed by atoms with van der Waals surface area (Å²) in [6, 6.07) is 22.2. The van der Waals surface area contributed by atoms with Gasteiger partial charge in [-0.3, -0.25) is 15.0 Å². The van der Waals surface area contributed by atoms with Gasteiger partial charge in [0, 0.05) is 68.2 Å². The van der Waals surface area contributed by atoms with E-state index >= 15 is 0 Å². The number of rotatable bonds is 7. The van der Waals surface area contributed by atoms with Crippen LogP contribution in [-0.4, -0.2) is 53.8 Å². The van der Waals surface area contributed by atoms with E-state index < -0.39 is 6.29 Å². The second-order valence-electron chi connectivity index (χ2n) is 9.58. The minimum Gasteiger partial charge on any atom is -0.399 e. The zero-order chi connectivity index (χ0) is 25.8. The van der Waals surface area contributed by atoms with Crippen molar-refractivity contribution in [2.45, 2.75) is 31.5 Å². The van der Waals surface area contributed by atoms with Crippen molar-refractivity contribution in [2.24, 2.45) is 0 Å². The summed E-state index contributed by atoms with van der Waals surface area (Å²) in [5.74, 6) is 0. The summed E-state index contributed by atoms with van der Waals surface area (Å²) in [5, 5.41) is 20.3. The molecule has 2 aliphatic heterocycles. The third-order valence-corrected chi connectivity index (χ3v) is 7.06. The Morgan fingerprint density at radius 3 is 2.32 bits per heavy atom. The number of aliphatic hydroxyl groups is 1. The molecule has 2 saturated heterocycles. The summed E-state index contributed by atoms with van der Waals surface area (Å²) in [5.41, 5.74) is 10.6. The van der Waals surface area contributed by atoms with Gasteiger partial charge in [-0.15, -0.1) is 0 Å². The van der Waals surface area contributed by atoms with Gasteiger partial charge in [0.1, 0.15) is 0 Å². The Morgan fingerprint density at radius 2 is 1.68 bits per heavy atom. The van der Waals surface area contributed by atoms with Gasteiger partial charge in [-0.2, -0.15) is 0 Å². The smallest absolute Gasteiger partial charge is 0.269 e. The molecule has 0 aromatic heterocycles. The van der Waals surface area contributed by atoms with Crippen LogP contribution in [0.1, 0.15) is 35.5 Å². The predicted molar refractivity (Wildman–Crippen MR) is 141 cm³/mol. The third-order valence-electron chi connectivity index (χ3n) is 7.06. The first-order chi connectivity index (χ1) is 18.0. The average molecular weight is 505 g/mol. The van der Waals surface area contributed by atoms with E-state index in [0.717, 1.165) is 61.5 Å². The van der Waals surface area contributed by atoms with Crippen LogP contribution in [0.25, 0.3) is 0 Å². The normalized spacial score (nSPS) is 22.6. The monoisotopic (exact) mass is 504 g/mol. The Bertz CT molecular complexity index is 1200. The van der Waals surface area contributed by atoms with Crippen LogP contribution in [-0.2, 0) is 16.1 Å². The second kappa shape index (κ2) is 11.3. The van der Waals surface area contributed by atoms with Crippen LogP contribution in [0, 0.1) is 10.1 Å². The Balaban J connectivity index is 1.25. The number of nitrogens with two attached hydrogens (primary N) is 1. The van der Waals surface area contributed by atoms with E-state index in [1.54, 1.807) is 12.1 Å². The second-order valence-corrected chi connectivity index (χ2v) is 9.58. The van der Waals surface area contributed by atoms with Gasteiger partial charge >= 0.3 is 0 Å². The molecule has 3 atom stereocenters. The van der Waals surface area contributed by atoms with Crippen LogP contribution in [0.4, 0.5) is 17.1 Å². The molecule has 2 aliphatic rings. The van der Waals surface area contributed by atoms with Gasteiger partial charge in [0.05, 0.1) is 23.7 Å².